The Morgan fingerprint density at radius 2 is 1.91 bits per heavy atom. The van der Waals surface area contributed by atoms with Crippen LogP contribution in [0, 0.1) is 5.82 Å². The molecule has 3 rings (SSSR count). The summed E-state index contributed by atoms with van der Waals surface area (Å²) in [7, 11) is 1.60. The first-order valence-electron chi connectivity index (χ1n) is 7.36. The summed E-state index contributed by atoms with van der Waals surface area (Å²) in [5.74, 6) is 0.220. The van der Waals surface area contributed by atoms with Crippen molar-refractivity contribution in [2.75, 3.05) is 7.11 Å². The highest BCUT2D eigenvalue weighted by Gasteiger charge is 2.32. The number of carbonyl (C=O) groups excluding carboxylic acids is 1. The zero-order valence-electron chi connectivity index (χ0n) is 13.0. The van der Waals surface area contributed by atoms with Crippen molar-refractivity contribution >= 4 is 11.6 Å². The fourth-order valence-electron chi connectivity index (χ4n) is 2.75. The highest BCUT2D eigenvalue weighted by Crippen LogP contribution is 2.34. The molecule has 2 aromatic rings. The molecule has 0 saturated carbocycles. The molecule has 0 spiro atoms. The molecule has 5 heteroatoms. The Balaban J connectivity index is 1.93. The average molecular weight is 312 g/mol. The lowest BCUT2D eigenvalue weighted by Gasteiger charge is -2.20. The molecule has 1 atom stereocenters. The lowest BCUT2D eigenvalue weighted by molar-refractivity contribution is -0.130. The molecule has 1 aliphatic rings. The average Bonchev–Trinajstić information content (AvgIpc) is 3.01. The smallest absolute Gasteiger partial charge is 0.240 e. The number of hydrogen-bond donors (Lipinski definition) is 0. The van der Waals surface area contributed by atoms with Crippen molar-refractivity contribution < 1.29 is 13.9 Å². The molecule has 0 unspecified atom stereocenters. The van der Waals surface area contributed by atoms with Crippen LogP contribution in [-0.4, -0.2) is 23.7 Å². The van der Waals surface area contributed by atoms with Crippen molar-refractivity contribution in [3.63, 3.8) is 0 Å². The van der Waals surface area contributed by atoms with Crippen molar-refractivity contribution in [2.24, 2.45) is 5.10 Å². The molecule has 2 aromatic carbocycles. The minimum absolute atomic E-state index is 0.207. The second-order valence-corrected chi connectivity index (χ2v) is 5.38. The third kappa shape index (κ3) is 2.95. The second kappa shape index (κ2) is 6.20. The van der Waals surface area contributed by atoms with Gasteiger partial charge < -0.3 is 4.74 Å². The van der Waals surface area contributed by atoms with Gasteiger partial charge in [-0.25, -0.2) is 9.40 Å². The van der Waals surface area contributed by atoms with Gasteiger partial charge in [0.2, 0.25) is 5.91 Å². The lowest BCUT2D eigenvalue weighted by atomic mass is 9.98. The summed E-state index contributed by atoms with van der Waals surface area (Å²) < 4.78 is 19.2. The highest BCUT2D eigenvalue weighted by molar-refractivity contribution is 6.03. The molecule has 0 saturated heterocycles. The number of amides is 1. The molecule has 23 heavy (non-hydrogen) atoms. The van der Waals surface area contributed by atoms with Gasteiger partial charge in [0.15, 0.2) is 0 Å². The first-order chi connectivity index (χ1) is 11.1. The molecule has 0 fully saturated rings. The van der Waals surface area contributed by atoms with E-state index < -0.39 is 6.04 Å². The predicted molar refractivity (Wildman–Crippen MR) is 85.8 cm³/mol. The SMILES string of the molecule is COc1ccc(C2=NN(C(C)=O)[C@H](c3ccccc3F)C2)cc1. The van der Waals surface area contributed by atoms with Crippen LogP contribution in [0.25, 0.3) is 0 Å². The monoisotopic (exact) mass is 312 g/mol. The number of benzene rings is 2. The van der Waals surface area contributed by atoms with Crippen LogP contribution in [0.1, 0.15) is 30.5 Å². The molecule has 1 amide bonds. The summed E-state index contributed by atoms with van der Waals surface area (Å²) in [6, 6.07) is 13.5. The fourth-order valence-corrected chi connectivity index (χ4v) is 2.75. The summed E-state index contributed by atoms with van der Waals surface area (Å²) >= 11 is 0. The number of methoxy groups -OCH3 is 1. The van der Waals surface area contributed by atoms with Gasteiger partial charge >= 0.3 is 0 Å². The van der Waals surface area contributed by atoms with Crippen LogP contribution in [-0.2, 0) is 4.79 Å². The molecule has 0 N–H and O–H groups in total. The van der Waals surface area contributed by atoms with Crippen LogP contribution < -0.4 is 4.74 Å². The molecule has 1 aliphatic heterocycles. The van der Waals surface area contributed by atoms with E-state index in [4.69, 9.17) is 4.74 Å². The van der Waals surface area contributed by atoms with Gasteiger partial charge in [-0.3, -0.25) is 4.79 Å². The van der Waals surface area contributed by atoms with E-state index in [9.17, 15) is 9.18 Å². The number of ether oxygens (including phenoxy) is 1. The predicted octanol–water partition coefficient (Wildman–Crippen LogP) is 3.53. The first kappa shape index (κ1) is 15.2. The molecular formula is C18H17FN2O2. The molecular weight excluding hydrogens is 295 g/mol. The summed E-state index contributed by atoms with van der Waals surface area (Å²) in [4.78, 5) is 11.9. The van der Waals surface area contributed by atoms with Crippen LogP contribution in [0.2, 0.25) is 0 Å². The van der Waals surface area contributed by atoms with Crippen molar-refractivity contribution in [3.05, 3.63) is 65.5 Å². The first-order valence-corrected chi connectivity index (χ1v) is 7.36. The number of carbonyl (C=O) groups is 1. The Morgan fingerprint density at radius 1 is 1.22 bits per heavy atom. The normalized spacial score (nSPS) is 17.1. The highest BCUT2D eigenvalue weighted by atomic mass is 19.1. The van der Waals surface area contributed by atoms with E-state index in [1.807, 2.05) is 24.3 Å². The van der Waals surface area contributed by atoms with Gasteiger partial charge in [0.1, 0.15) is 11.6 Å². The van der Waals surface area contributed by atoms with E-state index in [2.05, 4.69) is 5.10 Å². The van der Waals surface area contributed by atoms with E-state index >= 15 is 0 Å². The summed E-state index contributed by atoms with van der Waals surface area (Å²) in [6.45, 7) is 1.44. The van der Waals surface area contributed by atoms with Gasteiger partial charge in [-0.1, -0.05) is 18.2 Å². The number of rotatable bonds is 3. The molecule has 4 nitrogen and oxygen atoms in total. The van der Waals surface area contributed by atoms with Gasteiger partial charge in [0.25, 0.3) is 0 Å². The van der Waals surface area contributed by atoms with Gasteiger partial charge in [-0.15, -0.1) is 0 Å². The minimum Gasteiger partial charge on any atom is -0.497 e. The third-order valence-electron chi connectivity index (χ3n) is 3.92. The Morgan fingerprint density at radius 3 is 2.52 bits per heavy atom. The van der Waals surface area contributed by atoms with E-state index in [0.29, 0.717) is 12.0 Å². The lowest BCUT2D eigenvalue weighted by Crippen LogP contribution is -2.25. The molecule has 1 heterocycles. The van der Waals surface area contributed by atoms with Gasteiger partial charge in [0.05, 0.1) is 18.9 Å². The number of hydrazone groups is 1. The second-order valence-electron chi connectivity index (χ2n) is 5.38. The number of hydrogen-bond acceptors (Lipinski definition) is 3. The Hall–Kier alpha value is -2.69. The van der Waals surface area contributed by atoms with Crippen molar-refractivity contribution in [3.8, 4) is 5.75 Å². The zero-order valence-corrected chi connectivity index (χ0v) is 13.0. The fraction of sp³-hybridized carbons (Fsp3) is 0.222. The van der Waals surface area contributed by atoms with Gasteiger partial charge in [-0.05, 0) is 35.9 Å². The Bertz CT molecular complexity index is 756. The summed E-state index contributed by atoms with van der Waals surface area (Å²) in [6.07, 6.45) is 0.479. The maximum Gasteiger partial charge on any atom is 0.240 e. The number of halogens is 1. The maximum atomic E-state index is 14.1. The van der Waals surface area contributed by atoms with E-state index in [-0.39, 0.29) is 11.7 Å². The van der Waals surface area contributed by atoms with Gasteiger partial charge in [-0.2, -0.15) is 5.10 Å². The topological polar surface area (TPSA) is 41.9 Å². The van der Waals surface area contributed by atoms with Crippen LogP contribution in [0.15, 0.2) is 53.6 Å². The van der Waals surface area contributed by atoms with Crippen LogP contribution in [0.4, 0.5) is 4.39 Å². The minimum atomic E-state index is -0.411. The van der Waals surface area contributed by atoms with Crippen molar-refractivity contribution in [1.29, 1.82) is 0 Å². The molecule has 0 bridgehead atoms. The van der Waals surface area contributed by atoms with Crippen molar-refractivity contribution in [2.45, 2.75) is 19.4 Å². The van der Waals surface area contributed by atoms with E-state index in [1.54, 1.807) is 25.3 Å². The number of nitrogens with zero attached hydrogens (tertiary/aromatic N) is 2. The quantitative estimate of drug-likeness (QED) is 0.870. The van der Waals surface area contributed by atoms with Crippen LogP contribution >= 0.6 is 0 Å². The standard InChI is InChI=1S/C18H17FN2O2/c1-12(22)21-18(15-5-3-4-6-16(15)19)11-17(20-21)13-7-9-14(23-2)10-8-13/h3-10,18H,11H2,1-2H3/t18-/m0/s1. The molecule has 118 valence electrons. The largest absolute Gasteiger partial charge is 0.497 e. The Labute approximate surface area is 134 Å². The third-order valence-corrected chi connectivity index (χ3v) is 3.92. The van der Waals surface area contributed by atoms with Crippen molar-refractivity contribution in [1.82, 2.24) is 5.01 Å². The summed E-state index contributed by atoms with van der Waals surface area (Å²) in [5.41, 5.74) is 2.14. The maximum absolute atomic E-state index is 14.1. The molecule has 0 radical (unpaired) electrons. The van der Waals surface area contributed by atoms with Crippen LogP contribution in [0.5, 0.6) is 5.75 Å². The van der Waals surface area contributed by atoms with Crippen LogP contribution in [0.3, 0.4) is 0 Å². The van der Waals surface area contributed by atoms with E-state index in [1.165, 1.54) is 18.0 Å². The van der Waals surface area contributed by atoms with E-state index in [0.717, 1.165) is 17.0 Å². The summed E-state index contributed by atoms with van der Waals surface area (Å²) in [5, 5.41) is 5.76. The molecule has 0 aromatic heterocycles. The van der Waals surface area contributed by atoms with Gasteiger partial charge in [0, 0.05) is 18.9 Å². The molecule has 0 aliphatic carbocycles. The zero-order chi connectivity index (χ0) is 16.4. The Kier molecular flexibility index (Phi) is 4.10.